The van der Waals surface area contributed by atoms with E-state index in [9.17, 15) is 0 Å². The van der Waals surface area contributed by atoms with Crippen LogP contribution >= 0.6 is 11.6 Å². The minimum Gasteiger partial charge on any atom is -0.304 e. The van der Waals surface area contributed by atoms with Crippen LogP contribution in [0.2, 0.25) is 5.02 Å². The first kappa shape index (κ1) is 10.5. The Hall–Kier alpha value is -0.970. The first-order valence-electron chi connectivity index (χ1n) is 5.13. The highest BCUT2D eigenvalue weighted by atomic mass is 35.5. The quantitative estimate of drug-likeness (QED) is 0.607. The fourth-order valence-electron chi connectivity index (χ4n) is 2.07. The third-order valence-electron chi connectivity index (χ3n) is 2.94. The van der Waals surface area contributed by atoms with Crippen LogP contribution in [0.25, 0.3) is 0 Å². The predicted molar refractivity (Wildman–Crippen MR) is 64.2 cm³/mol. The summed E-state index contributed by atoms with van der Waals surface area (Å²) in [6.07, 6.45) is 6.64. The summed E-state index contributed by atoms with van der Waals surface area (Å²) in [5.41, 5.74) is 2.57. The van der Waals surface area contributed by atoms with Gasteiger partial charge in [0.2, 0.25) is 0 Å². The summed E-state index contributed by atoms with van der Waals surface area (Å²) in [5.74, 6) is 3.03. The first-order chi connectivity index (χ1) is 7.20. The Labute approximate surface area is 96.0 Å². The molecule has 0 unspecified atom stereocenters. The van der Waals surface area contributed by atoms with Crippen molar-refractivity contribution in [3.05, 3.63) is 34.3 Å². The number of rotatable bonds is 0. The van der Waals surface area contributed by atoms with Gasteiger partial charge >= 0.3 is 0 Å². The molecule has 1 aliphatic rings. The lowest BCUT2D eigenvalue weighted by molar-refractivity contribution is 0.343. The zero-order chi connectivity index (χ0) is 10.8. The van der Waals surface area contributed by atoms with Crippen LogP contribution in [0.3, 0.4) is 0 Å². The molecule has 1 aromatic rings. The van der Waals surface area contributed by atoms with Gasteiger partial charge in [0.15, 0.2) is 0 Å². The molecule has 0 spiro atoms. The molecular weight excluding hydrogens is 206 g/mol. The molecule has 0 aromatic heterocycles. The molecule has 78 valence electrons. The van der Waals surface area contributed by atoms with Gasteiger partial charge in [0.1, 0.15) is 0 Å². The number of hydrogen-bond donors (Lipinski definition) is 0. The van der Waals surface area contributed by atoms with E-state index in [4.69, 9.17) is 18.0 Å². The molecule has 0 saturated heterocycles. The molecule has 1 atom stereocenters. The normalized spacial score (nSPS) is 21.5. The van der Waals surface area contributed by atoms with E-state index in [-0.39, 0.29) is 5.92 Å². The van der Waals surface area contributed by atoms with E-state index in [1.165, 1.54) is 11.1 Å². The van der Waals surface area contributed by atoms with Gasteiger partial charge in [-0.2, -0.15) is 0 Å². The minimum atomic E-state index is 0.172. The maximum Gasteiger partial charge on any atom is 0.0579 e. The second-order valence-corrected chi connectivity index (χ2v) is 4.51. The van der Waals surface area contributed by atoms with Crippen LogP contribution in [0.1, 0.15) is 17.0 Å². The lowest BCUT2D eigenvalue weighted by atomic mass is 9.94. The Morgan fingerprint density at radius 3 is 3.07 bits per heavy atom. The Morgan fingerprint density at radius 2 is 2.33 bits per heavy atom. The van der Waals surface area contributed by atoms with Crippen LogP contribution in [-0.2, 0) is 6.42 Å². The zero-order valence-electron chi connectivity index (χ0n) is 8.83. The van der Waals surface area contributed by atoms with Crippen LogP contribution in [0.5, 0.6) is 0 Å². The SMILES string of the molecule is C#C[C@H]1CN(C)CCc2ccc(Cl)cc21. The highest BCUT2D eigenvalue weighted by Crippen LogP contribution is 2.27. The fraction of sp³-hybridized carbons (Fsp3) is 0.385. The molecule has 1 heterocycles. The molecule has 0 fully saturated rings. The summed E-state index contributed by atoms with van der Waals surface area (Å²) >= 11 is 6.01. The molecule has 0 amide bonds. The van der Waals surface area contributed by atoms with Gasteiger partial charge in [-0.05, 0) is 36.7 Å². The van der Waals surface area contributed by atoms with Gasteiger partial charge in [-0.3, -0.25) is 0 Å². The summed E-state index contributed by atoms with van der Waals surface area (Å²) in [6, 6.07) is 6.06. The van der Waals surface area contributed by atoms with Crippen LogP contribution in [0.4, 0.5) is 0 Å². The average Bonchev–Trinajstić information content (AvgIpc) is 2.38. The van der Waals surface area contributed by atoms with Gasteiger partial charge in [0.25, 0.3) is 0 Å². The van der Waals surface area contributed by atoms with Gasteiger partial charge in [-0.25, -0.2) is 0 Å². The average molecular weight is 220 g/mol. The van der Waals surface area contributed by atoms with Crippen molar-refractivity contribution < 1.29 is 0 Å². The molecule has 2 rings (SSSR count). The van der Waals surface area contributed by atoms with Crippen molar-refractivity contribution in [3.63, 3.8) is 0 Å². The van der Waals surface area contributed by atoms with Crippen LogP contribution < -0.4 is 0 Å². The van der Waals surface area contributed by atoms with Crippen molar-refractivity contribution in [2.75, 3.05) is 20.1 Å². The number of nitrogens with zero attached hydrogens (tertiary/aromatic N) is 1. The number of likely N-dealkylation sites (N-methyl/N-ethyl adjacent to an activating group) is 1. The van der Waals surface area contributed by atoms with Gasteiger partial charge in [0, 0.05) is 18.1 Å². The molecule has 2 heteroatoms. The second-order valence-electron chi connectivity index (χ2n) is 4.07. The molecule has 1 nitrogen and oxygen atoms in total. The molecule has 15 heavy (non-hydrogen) atoms. The summed E-state index contributed by atoms with van der Waals surface area (Å²) in [4.78, 5) is 2.28. The largest absolute Gasteiger partial charge is 0.304 e. The number of halogens is 1. The number of hydrogen-bond acceptors (Lipinski definition) is 1. The molecule has 0 N–H and O–H groups in total. The Morgan fingerprint density at radius 1 is 1.53 bits per heavy atom. The summed E-state index contributed by atoms with van der Waals surface area (Å²) in [7, 11) is 2.11. The van der Waals surface area contributed by atoms with Crippen molar-refractivity contribution in [2.24, 2.45) is 0 Å². The molecular formula is C13H14ClN. The molecule has 0 saturated carbocycles. The van der Waals surface area contributed by atoms with Gasteiger partial charge < -0.3 is 4.90 Å². The van der Waals surface area contributed by atoms with Crippen LogP contribution in [0.15, 0.2) is 18.2 Å². The fourth-order valence-corrected chi connectivity index (χ4v) is 2.25. The van der Waals surface area contributed by atoms with E-state index in [0.29, 0.717) is 0 Å². The highest BCUT2D eigenvalue weighted by Gasteiger charge is 2.19. The van der Waals surface area contributed by atoms with E-state index in [0.717, 1.165) is 24.5 Å². The van der Waals surface area contributed by atoms with Crippen molar-refractivity contribution in [2.45, 2.75) is 12.3 Å². The highest BCUT2D eigenvalue weighted by molar-refractivity contribution is 6.30. The van der Waals surface area contributed by atoms with Crippen molar-refractivity contribution in [1.82, 2.24) is 4.90 Å². The predicted octanol–water partition coefficient (Wildman–Crippen LogP) is 2.54. The standard InChI is InChI=1S/C13H14ClN/c1-3-10-9-15(2)7-6-11-4-5-12(14)8-13(10)11/h1,4-5,8,10H,6-7,9H2,2H3/t10-/m0/s1. The van der Waals surface area contributed by atoms with E-state index in [1.54, 1.807) is 0 Å². The second kappa shape index (κ2) is 4.26. The molecule has 0 bridgehead atoms. The van der Waals surface area contributed by atoms with E-state index in [1.807, 2.05) is 12.1 Å². The third-order valence-corrected chi connectivity index (χ3v) is 3.18. The first-order valence-corrected chi connectivity index (χ1v) is 5.51. The van der Waals surface area contributed by atoms with Crippen molar-refractivity contribution >= 4 is 11.6 Å². The van der Waals surface area contributed by atoms with Crippen molar-refractivity contribution in [3.8, 4) is 12.3 Å². The Balaban J connectivity index is 2.45. The van der Waals surface area contributed by atoms with E-state index >= 15 is 0 Å². The third kappa shape index (κ3) is 2.17. The van der Waals surface area contributed by atoms with Crippen LogP contribution in [-0.4, -0.2) is 25.0 Å². The zero-order valence-corrected chi connectivity index (χ0v) is 9.59. The van der Waals surface area contributed by atoms with Crippen molar-refractivity contribution in [1.29, 1.82) is 0 Å². The monoisotopic (exact) mass is 219 g/mol. The summed E-state index contributed by atoms with van der Waals surface area (Å²) in [5, 5.41) is 0.776. The smallest absolute Gasteiger partial charge is 0.0579 e. The Bertz CT molecular complexity index is 405. The molecule has 1 aromatic carbocycles. The van der Waals surface area contributed by atoms with Crippen LogP contribution in [0, 0.1) is 12.3 Å². The lowest BCUT2D eigenvalue weighted by Crippen LogP contribution is -2.23. The number of terminal acetylenes is 1. The topological polar surface area (TPSA) is 3.24 Å². The summed E-state index contributed by atoms with van der Waals surface area (Å²) < 4.78 is 0. The van der Waals surface area contributed by atoms with E-state index < -0.39 is 0 Å². The molecule has 0 aliphatic carbocycles. The van der Waals surface area contributed by atoms with Gasteiger partial charge in [0.05, 0.1) is 5.92 Å². The number of benzene rings is 1. The maximum atomic E-state index is 6.01. The number of fused-ring (bicyclic) bond motifs is 1. The maximum absolute atomic E-state index is 6.01. The summed E-state index contributed by atoms with van der Waals surface area (Å²) in [6.45, 7) is 1.98. The Kier molecular flexibility index (Phi) is 3.00. The molecule has 0 radical (unpaired) electrons. The van der Waals surface area contributed by atoms with Gasteiger partial charge in [-0.1, -0.05) is 23.6 Å². The van der Waals surface area contributed by atoms with Gasteiger partial charge in [-0.15, -0.1) is 6.42 Å². The lowest BCUT2D eigenvalue weighted by Gasteiger charge is -2.16. The minimum absolute atomic E-state index is 0.172. The molecule has 1 aliphatic heterocycles. The van der Waals surface area contributed by atoms with E-state index in [2.05, 4.69) is 23.9 Å².